The molecule has 134 valence electrons. The Morgan fingerprint density at radius 1 is 1.19 bits per heavy atom. The molecule has 0 fully saturated rings. The Bertz CT molecular complexity index is 897. The molecular formula is C17H15Cl2N5OS. The van der Waals surface area contributed by atoms with Crippen LogP contribution in [0.2, 0.25) is 10.0 Å². The fourth-order valence-electron chi connectivity index (χ4n) is 2.31. The van der Waals surface area contributed by atoms with Gasteiger partial charge in [-0.15, -0.1) is 10.2 Å². The topological polar surface area (TPSA) is 72.7 Å². The number of anilines is 1. The summed E-state index contributed by atoms with van der Waals surface area (Å²) in [5.74, 6) is 0.656. The molecule has 9 heteroatoms. The van der Waals surface area contributed by atoms with Gasteiger partial charge >= 0.3 is 0 Å². The van der Waals surface area contributed by atoms with E-state index in [9.17, 15) is 4.79 Å². The van der Waals surface area contributed by atoms with Crippen LogP contribution in [0, 0.1) is 0 Å². The lowest BCUT2D eigenvalue weighted by molar-refractivity contribution is -0.113. The molecule has 2 heterocycles. The maximum atomic E-state index is 12.2. The van der Waals surface area contributed by atoms with Gasteiger partial charge in [0.25, 0.3) is 0 Å². The van der Waals surface area contributed by atoms with Crippen LogP contribution in [0.15, 0.2) is 47.9 Å². The lowest BCUT2D eigenvalue weighted by Gasteiger charge is -2.09. The SMILES string of the molecule is CCn1c(SCC(=O)Nc2c(Cl)cccc2Cl)nnc1-c1cccnc1. The molecule has 0 bridgehead atoms. The van der Waals surface area contributed by atoms with Crippen molar-refractivity contribution in [2.75, 3.05) is 11.1 Å². The number of carbonyl (C=O) groups is 1. The van der Waals surface area contributed by atoms with Crippen LogP contribution in [-0.2, 0) is 11.3 Å². The second-order valence-corrected chi connectivity index (χ2v) is 6.98. The smallest absolute Gasteiger partial charge is 0.234 e. The first-order chi connectivity index (χ1) is 12.6. The minimum absolute atomic E-state index is 0.159. The number of pyridine rings is 1. The summed E-state index contributed by atoms with van der Waals surface area (Å²) in [6.07, 6.45) is 3.44. The van der Waals surface area contributed by atoms with Gasteiger partial charge in [0.05, 0.1) is 21.5 Å². The summed E-state index contributed by atoms with van der Waals surface area (Å²) in [5.41, 5.74) is 1.29. The molecule has 3 rings (SSSR count). The van der Waals surface area contributed by atoms with Gasteiger partial charge in [-0.2, -0.15) is 0 Å². The third-order valence-electron chi connectivity index (χ3n) is 3.51. The van der Waals surface area contributed by atoms with Crippen molar-refractivity contribution in [3.8, 4) is 11.4 Å². The number of amides is 1. The normalized spacial score (nSPS) is 10.7. The Balaban J connectivity index is 1.70. The minimum Gasteiger partial charge on any atom is -0.323 e. The molecule has 1 N–H and O–H groups in total. The standard InChI is InChI=1S/C17H15Cl2N5OS/c1-2-24-16(11-5-4-8-20-9-11)22-23-17(24)26-10-14(25)21-15-12(18)6-3-7-13(15)19/h3-9H,2,10H2,1H3,(H,21,25). The first-order valence-electron chi connectivity index (χ1n) is 7.80. The van der Waals surface area contributed by atoms with Crippen LogP contribution < -0.4 is 5.32 Å². The van der Waals surface area contributed by atoms with Gasteiger partial charge in [-0.1, -0.05) is 41.0 Å². The zero-order chi connectivity index (χ0) is 18.5. The van der Waals surface area contributed by atoms with Gasteiger partial charge in [-0.3, -0.25) is 9.78 Å². The number of para-hydroxylation sites is 1. The molecule has 0 unspecified atom stereocenters. The van der Waals surface area contributed by atoms with Crippen LogP contribution in [-0.4, -0.2) is 31.4 Å². The van der Waals surface area contributed by atoms with Gasteiger partial charge in [0, 0.05) is 24.5 Å². The summed E-state index contributed by atoms with van der Waals surface area (Å²) in [4.78, 5) is 16.4. The van der Waals surface area contributed by atoms with E-state index in [4.69, 9.17) is 23.2 Å². The van der Waals surface area contributed by atoms with Crippen LogP contribution >= 0.6 is 35.0 Å². The molecule has 0 aliphatic rings. The first-order valence-corrected chi connectivity index (χ1v) is 9.54. The molecular weight excluding hydrogens is 393 g/mol. The van der Waals surface area contributed by atoms with Gasteiger partial charge in [-0.25, -0.2) is 0 Å². The molecule has 26 heavy (non-hydrogen) atoms. The Morgan fingerprint density at radius 2 is 1.96 bits per heavy atom. The molecule has 0 atom stereocenters. The second kappa shape index (κ2) is 8.53. The van der Waals surface area contributed by atoms with E-state index in [0.717, 1.165) is 11.4 Å². The Labute approximate surface area is 164 Å². The molecule has 3 aromatic rings. The maximum Gasteiger partial charge on any atom is 0.234 e. The van der Waals surface area contributed by atoms with E-state index in [-0.39, 0.29) is 11.7 Å². The summed E-state index contributed by atoms with van der Waals surface area (Å²) in [6.45, 7) is 2.67. The molecule has 0 saturated carbocycles. The van der Waals surface area contributed by atoms with Gasteiger partial charge < -0.3 is 9.88 Å². The molecule has 1 amide bonds. The van der Waals surface area contributed by atoms with Crippen molar-refractivity contribution in [3.05, 3.63) is 52.8 Å². The van der Waals surface area contributed by atoms with E-state index in [2.05, 4.69) is 20.5 Å². The Hall–Kier alpha value is -2.09. The van der Waals surface area contributed by atoms with Gasteiger partial charge in [-0.05, 0) is 31.2 Å². The van der Waals surface area contributed by atoms with Crippen molar-refractivity contribution in [1.82, 2.24) is 19.7 Å². The lowest BCUT2D eigenvalue weighted by Crippen LogP contribution is -2.15. The van der Waals surface area contributed by atoms with Crippen LogP contribution in [0.25, 0.3) is 11.4 Å². The number of benzene rings is 1. The average molecular weight is 408 g/mol. The van der Waals surface area contributed by atoms with Crippen molar-refractivity contribution in [1.29, 1.82) is 0 Å². The summed E-state index contributed by atoms with van der Waals surface area (Å²) >= 11 is 13.4. The number of rotatable bonds is 6. The number of halogens is 2. The van der Waals surface area contributed by atoms with E-state index >= 15 is 0 Å². The van der Waals surface area contributed by atoms with Gasteiger partial charge in [0.2, 0.25) is 5.91 Å². The highest BCUT2D eigenvalue weighted by atomic mass is 35.5. The Kier molecular flexibility index (Phi) is 6.13. The predicted octanol–water partition coefficient (Wildman–Crippen LogP) is 4.40. The number of carbonyl (C=O) groups excluding carboxylic acids is 1. The monoisotopic (exact) mass is 407 g/mol. The average Bonchev–Trinajstić information content (AvgIpc) is 3.07. The largest absolute Gasteiger partial charge is 0.323 e. The number of nitrogens with one attached hydrogen (secondary N) is 1. The summed E-state index contributed by atoms with van der Waals surface area (Å²) in [5, 5.41) is 12.6. The molecule has 1 aromatic carbocycles. The van der Waals surface area contributed by atoms with Crippen LogP contribution in [0.1, 0.15) is 6.92 Å². The number of thioether (sulfide) groups is 1. The summed E-state index contributed by atoms with van der Waals surface area (Å²) < 4.78 is 1.94. The highest BCUT2D eigenvalue weighted by Gasteiger charge is 2.15. The fourth-order valence-corrected chi connectivity index (χ4v) is 3.61. The van der Waals surface area contributed by atoms with Crippen molar-refractivity contribution < 1.29 is 4.79 Å². The van der Waals surface area contributed by atoms with Gasteiger partial charge in [0.1, 0.15) is 0 Å². The summed E-state index contributed by atoms with van der Waals surface area (Å²) in [6, 6.07) is 8.83. The third kappa shape index (κ3) is 4.17. The lowest BCUT2D eigenvalue weighted by atomic mass is 10.3. The van der Waals surface area contributed by atoms with E-state index in [1.54, 1.807) is 30.6 Å². The number of nitrogens with zero attached hydrogens (tertiary/aromatic N) is 4. The minimum atomic E-state index is -0.224. The summed E-state index contributed by atoms with van der Waals surface area (Å²) in [7, 11) is 0. The van der Waals surface area contributed by atoms with Crippen molar-refractivity contribution in [2.45, 2.75) is 18.6 Å². The van der Waals surface area contributed by atoms with E-state index in [1.165, 1.54) is 11.8 Å². The van der Waals surface area contributed by atoms with Crippen molar-refractivity contribution >= 4 is 46.6 Å². The van der Waals surface area contributed by atoms with E-state index < -0.39 is 0 Å². The number of hydrogen-bond acceptors (Lipinski definition) is 5. The van der Waals surface area contributed by atoms with Crippen LogP contribution in [0.5, 0.6) is 0 Å². The predicted molar refractivity (Wildman–Crippen MR) is 105 cm³/mol. The molecule has 0 aliphatic carbocycles. The molecule has 2 aromatic heterocycles. The van der Waals surface area contributed by atoms with Gasteiger partial charge in [0.15, 0.2) is 11.0 Å². The zero-order valence-electron chi connectivity index (χ0n) is 13.8. The zero-order valence-corrected chi connectivity index (χ0v) is 16.1. The maximum absolute atomic E-state index is 12.2. The van der Waals surface area contributed by atoms with E-state index in [0.29, 0.717) is 27.4 Å². The Morgan fingerprint density at radius 3 is 2.62 bits per heavy atom. The molecule has 0 saturated heterocycles. The third-order valence-corrected chi connectivity index (χ3v) is 5.11. The van der Waals surface area contributed by atoms with Crippen molar-refractivity contribution in [3.63, 3.8) is 0 Å². The fraction of sp³-hybridized carbons (Fsp3) is 0.176. The molecule has 0 aliphatic heterocycles. The highest BCUT2D eigenvalue weighted by Crippen LogP contribution is 2.30. The molecule has 0 radical (unpaired) electrons. The second-order valence-electron chi connectivity index (χ2n) is 5.23. The molecule has 6 nitrogen and oxygen atoms in total. The quantitative estimate of drug-likeness (QED) is 0.613. The van der Waals surface area contributed by atoms with Crippen LogP contribution in [0.3, 0.4) is 0 Å². The van der Waals surface area contributed by atoms with Crippen LogP contribution in [0.4, 0.5) is 5.69 Å². The molecule has 0 spiro atoms. The first kappa shape index (κ1) is 18.7. The number of aromatic nitrogens is 4. The van der Waals surface area contributed by atoms with Crippen molar-refractivity contribution in [2.24, 2.45) is 0 Å². The highest BCUT2D eigenvalue weighted by molar-refractivity contribution is 7.99. The number of hydrogen-bond donors (Lipinski definition) is 1. The van der Waals surface area contributed by atoms with E-state index in [1.807, 2.05) is 23.6 Å².